The summed E-state index contributed by atoms with van der Waals surface area (Å²) in [6.07, 6.45) is 0. The predicted octanol–water partition coefficient (Wildman–Crippen LogP) is 4.18. The van der Waals surface area contributed by atoms with E-state index in [1.54, 1.807) is 24.3 Å². The zero-order valence-corrected chi connectivity index (χ0v) is 13.6. The summed E-state index contributed by atoms with van der Waals surface area (Å²) in [5, 5.41) is 2.14. The number of aryl methyl sites for hydroxylation is 1. The van der Waals surface area contributed by atoms with E-state index in [2.05, 4.69) is 12.1 Å². The van der Waals surface area contributed by atoms with Gasteiger partial charge < -0.3 is 4.74 Å². The molecule has 0 saturated heterocycles. The van der Waals surface area contributed by atoms with Gasteiger partial charge in [0.25, 0.3) is 0 Å². The third kappa shape index (κ3) is 2.72. The SMILES string of the molecule is C[n+]1c2ccccc2cc2ccc(C(=O)Oc3ccccc3F)cc21. The molecule has 0 fully saturated rings. The van der Waals surface area contributed by atoms with E-state index in [9.17, 15) is 9.18 Å². The van der Waals surface area contributed by atoms with Crippen LogP contribution in [0.5, 0.6) is 5.75 Å². The molecule has 0 bridgehead atoms. The van der Waals surface area contributed by atoms with Gasteiger partial charge in [0.1, 0.15) is 7.05 Å². The Balaban J connectivity index is 1.78. The number of ether oxygens (including phenoxy) is 1. The Morgan fingerprint density at radius 2 is 1.60 bits per heavy atom. The number of hydrogen-bond donors (Lipinski definition) is 0. The van der Waals surface area contributed by atoms with E-state index in [-0.39, 0.29) is 5.75 Å². The summed E-state index contributed by atoms with van der Waals surface area (Å²) in [7, 11) is 1.96. The van der Waals surface area contributed by atoms with E-state index in [1.807, 2.05) is 35.9 Å². The lowest BCUT2D eigenvalue weighted by molar-refractivity contribution is -0.617. The van der Waals surface area contributed by atoms with Crippen molar-refractivity contribution < 1.29 is 18.5 Å². The molecular formula is C21H15FNO2+. The number of hydrogen-bond acceptors (Lipinski definition) is 2. The second-order valence-corrected chi connectivity index (χ2v) is 5.86. The van der Waals surface area contributed by atoms with Gasteiger partial charge in [-0.1, -0.05) is 24.3 Å². The van der Waals surface area contributed by atoms with Crippen LogP contribution in [0.1, 0.15) is 10.4 Å². The van der Waals surface area contributed by atoms with Crippen LogP contribution < -0.4 is 9.30 Å². The van der Waals surface area contributed by atoms with Gasteiger partial charge in [-0.15, -0.1) is 0 Å². The van der Waals surface area contributed by atoms with Crippen LogP contribution in [-0.2, 0) is 7.05 Å². The van der Waals surface area contributed by atoms with E-state index < -0.39 is 11.8 Å². The first-order chi connectivity index (χ1) is 12.1. The molecular weight excluding hydrogens is 317 g/mol. The van der Waals surface area contributed by atoms with Gasteiger partial charge >= 0.3 is 5.97 Å². The summed E-state index contributed by atoms with van der Waals surface area (Å²) in [5.74, 6) is -1.22. The number of aromatic nitrogens is 1. The molecule has 0 aliphatic carbocycles. The Kier molecular flexibility index (Phi) is 3.65. The summed E-state index contributed by atoms with van der Waals surface area (Å²) < 4.78 is 20.9. The molecule has 0 aliphatic heterocycles. The molecule has 0 radical (unpaired) electrons. The number of para-hydroxylation sites is 2. The molecule has 0 amide bonds. The van der Waals surface area contributed by atoms with E-state index >= 15 is 0 Å². The van der Waals surface area contributed by atoms with Gasteiger partial charge in [0.05, 0.1) is 5.56 Å². The highest BCUT2D eigenvalue weighted by Crippen LogP contribution is 2.21. The van der Waals surface area contributed by atoms with Crippen LogP contribution in [0.3, 0.4) is 0 Å². The van der Waals surface area contributed by atoms with Gasteiger partial charge in [-0.3, -0.25) is 0 Å². The van der Waals surface area contributed by atoms with Crippen molar-refractivity contribution in [3.63, 3.8) is 0 Å². The Hall–Kier alpha value is -3.27. The van der Waals surface area contributed by atoms with Gasteiger partial charge in [0, 0.05) is 22.9 Å². The van der Waals surface area contributed by atoms with E-state index in [4.69, 9.17) is 4.74 Å². The molecule has 0 aliphatic rings. The highest BCUT2D eigenvalue weighted by molar-refractivity contribution is 5.96. The van der Waals surface area contributed by atoms with Gasteiger partial charge in [-0.2, -0.15) is 4.57 Å². The van der Waals surface area contributed by atoms with Crippen molar-refractivity contribution in [1.29, 1.82) is 0 Å². The van der Waals surface area contributed by atoms with Crippen molar-refractivity contribution in [2.24, 2.45) is 7.05 Å². The van der Waals surface area contributed by atoms with Crippen LogP contribution >= 0.6 is 0 Å². The molecule has 1 aromatic heterocycles. The lowest BCUT2D eigenvalue weighted by Crippen LogP contribution is -2.30. The maximum Gasteiger partial charge on any atom is 0.343 e. The van der Waals surface area contributed by atoms with Gasteiger partial charge in [0.2, 0.25) is 11.0 Å². The normalized spacial score (nSPS) is 11.0. The van der Waals surface area contributed by atoms with E-state index in [0.29, 0.717) is 5.56 Å². The third-order valence-electron chi connectivity index (χ3n) is 4.28. The molecule has 25 heavy (non-hydrogen) atoms. The summed E-state index contributed by atoms with van der Waals surface area (Å²) in [5.41, 5.74) is 2.35. The number of nitrogens with zero attached hydrogens (tertiary/aromatic N) is 1. The van der Waals surface area contributed by atoms with Crippen LogP contribution in [0.4, 0.5) is 4.39 Å². The van der Waals surface area contributed by atoms with Crippen LogP contribution in [0.15, 0.2) is 72.8 Å². The van der Waals surface area contributed by atoms with Crippen LogP contribution in [0, 0.1) is 5.82 Å². The molecule has 4 aromatic rings. The Bertz CT molecular complexity index is 1120. The molecule has 4 heteroatoms. The third-order valence-corrected chi connectivity index (χ3v) is 4.28. The van der Waals surface area contributed by atoms with Crippen molar-refractivity contribution in [3.05, 3.63) is 84.2 Å². The second-order valence-electron chi connectivity index (χ2n) is 5.86. The van der Waals surface area contributed by atoms with Crippen molar-refractivity contribution in [2.45, 2.75) is 0 Å². The number of rotatable bonds is 2. The Labute approximate surface area is 143 Å². The molecule has 0 unspecified atom stereocenters. The number of carbonyl (C=O) groups excluding carboxylic acids is 1. The average Bonchev–Trinajstić information content (AvgIpc) is 2.63. The predicted molar refractivity (Wildman–Crippen MR) is 94.0 cm³/mol. The van der Waals surface area contributed by atoms with Crippen molar-refractivity contribution >= 4 is 27.8 Å². The maximum atomic E-state index is 13.7. The number of benzene rings is 3. The molecule has 4 rings (SSSR count). The fraction of sp³-hybridized carbons (Fsp3) is 0.0476. The first kappa shape index (κ1) is 15.3. The fourth-order valence-electron chi connectivity index (χ4n) is 2.98. The summed E-state index contributed by atoms with van der Waals surface area (Å²) in [6, 6.07) is 21.3. The van der Waals surface area contributed by atoms with Crippen molar-refractivity contribution in [1.82, 2.24) is 0 Å². The van der Waals surface area contributed by atoms with Gasteiger partial charge in [-0.05, 0) is 36.4 Å². The minimum absolute atomic E-state index is 0.0736. The quantitative estimate of drug-likeness (QED) is 0.239. The number of pyridine rings is 1. The monoisotopic (exact) mass is 332 g/mol. The number of esters is 1. The van der Waals surface area contributed by atoms with Gasteiger partial charge in [0.15, 0.2) is 11.6 Å². The van der Waals surface area contributed by atoms with Gasteiger partial charge in [-0.25, -0.2) is 9.18 Å². The van der Waals surface area contributed by atoms with E-state index in [0.717, 1.165) is 21.8 Å². The molecule has 0 saturated carbocycles. The average molecular weight is 332 g/mol. The first-order valence-electron chi connectivity index (χ1n) is 7.92. The standard InChI is InChI=1S/C21H15FNO2/c1-23-18-8-4-2-6-14(18)12-15-10-11-16(13-19(15)23)21(24)25-20-9-5-3-7-17(20)22/h2-13H,1H3/q+1. The van der Waals surface area contributed by atoms with Crippen molar-refractivity contribution in [2.75, 3.05) is 0 Å². The summed E-state index contributed by atoms with van der Waals surface area (Å²) in [6.45, 7) is 0. The topological polar surface area (TPSA) is 30.2 Å². The lowest BCUT2D eigenvalue weighted by Gasteiger charge is -2.06. The summed E-state index contributed by atoms with van der Waals surface area (Å²) in [4.78, 5) is 12.4. The Morgan fingerprint density at radius 3 is 2.44 bits per heavy atom. The fourth-order valence-corrected chi connectivity index (χ4v) is 2.98. The zero-order valence-electron chi connectivity index (χ0n) is 13.6. The Morgan fingerprint density at radius 1 is 0.880 bits per heavy atom. The van der Waals surface area contributed by atoms with Crippen LogP contribution in [0.25, 0.3) is 21.8 Å². The van der Waals surface area contributed by atoms with Crippen molar-refractivity contribution in [3.8, 4) is 5.75 Å². The molecule has 3 aromatic carbocycles. The number of carbonyl (C=O) groups is 1. The minimum Gasteiger partial charge on any atom is -0.420 e. The molecule has 0 N–H and O–H groups in total. The molecule has 3 nitrogen and oxygen atoms in total. The number of halogens is 1. The highest BCUT2D eigenvalue weighted by atomic mass is 19.1. The largest absolute Gasteiger partial charge is 0.420 e. The molecule has 0 atom stereocenters. The van der Waals surface area contributed by atoms with E-state index in [1.165, 1.54) is 12.1 Å². The van der Waals surface area contributed by atoms with Crippen LogP contribution in [0.2, 0.25) is 0 Å². The van der Waals surface area contributed by atoms with Crippen LogP contribution in [-0.4, -0.2) is 5.97 Å². The maximum absolute atomic E-state index is 13.7. The second kappa shape index (κ2) is 5.98. The summed E-state index contributed by atoms with van der Waals surface area (Å²) >= 11 is 0. The highest BCUT2D eigenvalue weighted by Gasteiger charge is 2.16. The first-order valence-corrected chi connectivity index (χ1v) is 7.92. The minimum atomic E-state index is -0.583. The number of fused-ring (bicyclic) bond motifs is 2. The smallest absolute Gasteiger partial charge is 0.343 e. The molecule has 0 spiro atoms. The zero-order chi connectivity index (χ0) is 17.4. The molecule has 122 valence electrons. The molecule has 1 heterocycles. The lowest BCUT2D eigenvalue weighted by atomic mass is 10.1.